The average Bonchev–Trinajstić information content (AvgIpc) is 3.33. The third-order valence-electron chi connectivity index (χ3n) is 6.55. The van der Waals surface area contributed by atoms with Crippen molar-refractivity contribution in [3.63, 3.8) is 0 Å². The number of piperidine rings is 1. The number of nitrogens with zero attached hydrogens (tertiary/aromatic N) is 3. The lowest BCUT2D eigenvalue weighted by atomic mass is 9.89. The van der Waals surface area contributed by atoms with Crippen molar-refractivity contribution in [1.82, 2.24) is 14.8 Å². The van der Waals surface area contributed by atoms with Gasteiger partial charge in [-0.15, -0.1) is 11.3 Å². The van der Waals surface area contributed by atoms with Crippen LogP contribution >= 0.6 is 11.3 Å². The van der Waals surface area contributed by atoms with Gasteiger partial charge in [-0.25, -0.2) is 9.37 Å². The van der Waals surface area contributed by atoms with Crippen LogP contribution in [-0.2, 0) is 16.1 Å². The molecule has 0 aliphatic carbocycles. The largest absolute Gasteiger partial charge is 0.490 e. The van der Waals surface area contributed by atoms with Gasteiger partial charge in [0.1, 0.15) is 5.69 Å². The average molecular weight is 506 g/mol. The molecule has 0 unspecified atom stereocenters. The minimum absolute atomic E-state index is 0.0416. The van der Waals surface area contributed by atoms with Crippen LogP contribution in [0.2, 0.25) is 0 Å². The summed E-state index contributed by atoms with van der Waals surface area (Å²) in [5, 5.41) is 11.6. The molecule has 8 nitrogen and oxygen atoms in total. The van der Waals surface area contributed by atoms with Crippen molar-refractivity contribution < 1.29 is 28.6 Å². The summed E-state index contributed by atoms with van der Waals surface area (Å²) in [6, 6.07) is 4.96. The molecule has 2 aromatic rings. The van der Waals surface area contributed by atoms with Gasteiger partial charge in [-0.2, -0.15) is 0 Å². The molecular formula is C25H32FN3O5S. The number of hydrogen-bond acceptors (Lipinski definition) is 7. The van der Waals surface area contributed by atoms with E-state index in [-0.39, 0.29) is 30.3 Å². The number of aliphatic carboxylic acids is 1. The Labute approximate surface area is 208 Å². The number of halogens is 1. The highest BCUT2D eigenvalue weighted by Gasteiger charge is 2.41. The van der Waals surface area contributed by atoms with Gasteiger partial charge in [0.2, 0.25) is 0 Å². The van der Waals surface area contributed by atoms with Crippen molar-refractivity contribution in [2.75, 3.05) is 39.4 Å². The van der Waals surface area contributed by atoms with E-state index in [2.05, 4.69) is 23.7 Å². The van der Waals surface area contributed by atoms with E-state index in [0.717, 1.165) is 30.9 Å². The number of thiazole rings is 1. The first-order valence-electron chi connectivity index (χ1n) is 12.0. The Hall–Kier alpha value is -2.56. The van der Waals surface area contributed by atoms with Gasteiger partial charge in [0, 0.05) is 43.0 Å². The number of ether oxygens (including phenoxy) is 2. The second kappa shape index (κ2) is 11.0. The van der Waals surface area contributed by atoms with Crippen LogP contribution in [0.5, 0.6) is 5.75 Å². The van der Waals surface area contributed by atoms with Crippen LogP contribution < -0.4 is 4.74 Å². The highest BCUT2D eigenvalue weighted by Crippen LogP contribution is 2.32. The van der Waals surface area contributed by atoms with E-state index in [0.29, 0.717) is 43.4 Å². The highest BCUT2D eigenvalue weighted by molar-refractivity contribution is 7.09. The molecule has 2 aliphatic rings. The lowest BCUT2D eigenvalue weighted by molar-refractivity contribution is -0.137. The maximum atomic E-state index is 14.9. The SMILES string of the molecule is CC(C)c1nc(C(=O)N2CCOC3(CCN(Cc4cccc(OCCC(=O)O)c4F)CC3)C2)cs1. The number of benzene rings is 1. The predicted molar refractivity (Wildman–Crippen MR) is 129 cm³/mol. The Bertz CT molecular complexity index is 1050. The van der Waals surface area contributed by atoms with Crippen molar-refractivity contribution in [3.05, 3.63) is 45.7 Å². The Kier molecular flexibility index (Phi) is 8.03. The van der Waals surface area contributed by atoms with Gasteiger partial charge < -0.3 is 19.5 Å². The minimum Gasteiger partial charge on any atom is -0.490 e. The minimum atomic E-state index is -0.985. The van der Waals surface area contributed by atoms with Gasteiger partial charge in [-0.05, 0) is 18.9 Å². The van der Waals surface area contributed by atoms with Gasteiger partial charge >= 0.3 is 5.97 Å². The third-order valence-corrected chi connectivity index (χ3v) is 7.69. The highest BCUT2D eigenvalue weighted by atomic mass is 32.1. The zero-order chi connectivity index (χ0) is 25.0. The van der Waals surface area contributed by atoms with Crippen LogP contribution in [-0.4, -0.2) is 76.8 Å². The Morgan fingerprint density at radius 1 is 1.29 bits per heavy atom. The molecule has 0 atom stereocenters. The molecule has 1 aromatic carbocycles. The monoisotopic (exact) mass is 505 g/mol. The van der Waals surface area contributed by atoms with E-state index in [1.54, 1.807) is 12.1 Å². The zero-order valence-corrected chi connectivity index (χ0v) is 21.0. The first-order valence-corrected chi connectivity index (χ1v) is 12.9. The number of carboxylic acid groups (broad SMARTS) is 1. The summed E-state index contributed by atoms with van der Waals surface area (Å²) >= 11 is 1.52. The second-order valence-electron chi connectivity index (χ2n) is 9.48. The molecule has 0 bridgehead atoms. The van der Waals surface area contributed by atoms with Crippen molar-refractivity contribution in [1.29, 1.82) is 0 Å². The molecular weight excluding hydrogens is 473 g/mol. The lowest BCUT2D eigenvalue weighted by Gasteiger charge is -2.47. The number of likely N-dealkylation sites (tertiary alicyclic amines) is 1. The molecule has 2 saturated heterocycles. The summed E-state index contributed by atoms with van der Waals surface area (Å²) in [5.41, 5.74) is 0.635. The normalized spacial score (nSPS) is 18.2. The second-order valence-corrected chi connectivity index (χ2v) is 10.4. The summed E-state index contributed by atoms with van der Waals surface area (Å²) in [6.07, 6.45) is 1.32. The molecule has 1 aromatic heterocycles. The van der Waals surface area contributed by atoms with Crippen LogP contribution in [0.15, 0.2) is 23.6 Å². The zero-order valence-electron chi connectivity index (χ0n) is 20.2. The molecule has 1 N–H and O–H groups in total. The number of carbonyl (C=O) groups excluding carboxylic acids is 1. The molecule has 1 spiro atoms. The van der Waals surface area contributed by atoms with Crippen LogP contribution in [0.1, 0.15) is 60.1 Å². The molecule has 0 saturated carbocycles. The summed E-state index contributed by atoms with van der Waals surface area (Å²) in [4.78, 5) is 32.3. The summed E-state index contributed by atoms with van der Waals surface area (Å²) < 4.78 is 26.4. The first kappa shape index (κ1) is 25.5. The number of carboxylic acids is 1. The van der Waals surface area contributed by atoms with Crippen LogP contribution in [0.3, 0.4) is 0 Å². The number of aromatic nitrogens is 1. The Balaban J connectivity index is 1.33. The van der Waals surface area contributed by atoms with E-state index in [1.807, 2.05) is 10.3 Å². The van der Waals surface area contributed by atoms with Crippen LogP contribution in [0.4, 0.5) is 4.39 Å². The summed E-state index contributed by atoms with van der Waals surface area (Å²) in [5.74, 6) is -1.11. The number of amides is 1. The summed E-state index contributed by atoms with van der Waals surface area (Å²) in [6.45, 7) is 7.52. The summed E-state index contributed by atoms with van der Waals surface area (Å²) in [7, 11) is 0. The molecule has 4 rings (SSSR count). The molecule has 35 heavy (non-hydrogen) atoms. The van der Waals surface area contributed by atoms with E-state index in [4.69, 9.17) is 14.6 Å². The fourth-order valence-corrected chi connectivity index (χ4v) is 5.34. The number of rotatable bonds is 8. The molecule has 190 valence electrons. The van der Waals surface area contributed by atoms with Crippen molar-refractivity contribution >= 4 is 23.2 Å². The van der Waals surface area contributed by atoms with Gasteiger partial charge in [0.15, 0.2) is 11.6 Å². The maximum Gasteiger partial charge on any atom is 0.306 e. The molecule has 2 fully saturated rings. The van der Waals surface area contributed by atoms with Crippen molar-refractivity contribution in [2.45, 2.75) is 51.2 Å². The standard InChI is InChI=1S/C25H32FN3O5S/c1-17(2)23-27-19(15-35-23)24(32)29-11-13-34-25(16-29)7-9-28(10-8-25)14-18-4-3-5-20(22(18)26)33-12-6-21(30)31/h3-5,15,17H,6-14,16H2,1-2H3,(H,30,31). The van der Waals surface area contributed by atoms with E-state index in [9.17, 15) is 14.0 Å². The topological polar surface area (TPSA) is 92.2 Å². The number of carbonyl (C=O) groups is 2. The van der Waals surface area contributed by atoms with Gasteiger partial charge in [0.25, 0.3) is 5.91 Å². The molecule has 2 aliphatic heterocycles. The van der Waals surface area contributed by atoms with Gasteiger partial charge in [-0.3, -0.25) is 14.5 Å². The van der Waals surface area contributed by atoms with E-state index in [1.165, 1.54) is 17.4 Å². The predicted octanol–water partition coefficient (Wildman–Crippen LogP) is 3.77. The van der Waals surface area contributed by atoms with Crippen LogP contribution in [0, 0.1) is 5.82 Å². The van der Waals surface area contributed by atoms with Crippen LogP contribution in [0.25, 0.3) is 0 Å². The van der Waals surface area contributed by atoms with Crippen molar-refractivity contribution in [2.24, 2.45) is 0 Å². The lowest BCUT2D eigenvalue weighted by Crippen LogP contribution is -2.58. The Morgan fingerprint density at radius 3 is 2.74 bits per heavy atom. The first-order chi connectivity index (χ1) is 16.8. The number of hydrogen-bond donors (Lipinski definition) is 1. The maximum absolute atomic E-state index is 14.9. The van der Waals surface area contributed by atoms with E-state index >= 15 is 0 Å². The molecule has 10 heteroatoms. The third kappa shape index (κ3) is 6.17. The molecule has 3 heterocycles. The van der Waals surface area contributed by atoms with Gasteiger partial charge in [-0.1, -0.05) is 26.0 Å². The van der Waals surface area contributed by atoms with Crippen molar-refractivity contribution in [3.8, 4) is 5.75 Å². The van der Waals surface area contributed by atoms with E-state index < -0.39 is 11.8 Å². The molecule has 0 radical (unpaired) electrons. The number of morpholine rings is 1. The Morgan fingerprint density at radius 2 is 2.06 bits per heavy atom. The molecule has 1 amide bonds. The smallest absolute Gasteiger partial charge is 0.306 e. The quantitative estimate of drug-likeness (QED) is 0.584. The fourth-order valence-electron chi connectivity index (χ4n) is 4.53. The van der Waals surface area contributed by atoms with Gasteiger partial charge in [0.05, 0.1) is 36.8 Å². The fraction of sp³-hybridized carbons (Fsp3) is 0.560.